The zero-order chi connectivity index (χ0) is 21.1. The summed E-state index contributed by atoms with van der Waals surface area (Å²) in [6, 6.07) is 14.5. The number of amides is 2. The zero-order valence-corrected chi connectivity index (χ0v) is 16.5. The van der Waals surface area contributed by atoms with Gasteiger partial charge in [-0.25, -0.2) is 14.4 Å². The number of anilines is 1. The van der Waals surface area contributed by atoms with Crippen LogP contribution in [0.15, 0.2) is 60.8 Å². The van der Waals surface area contributed by atoms with Crippen LogP contribution in [0, 0.1) is 12.7 Å². The molecule has 1 aromatic heterocycles. The molecule has 1 N–H and O–H groups in total. The molecule has 0 radical (unpaired) electrons. The monoisotopic (exact) mass is 404 g/mol. The van der Waals surface area contributed by atoms with Crippen LogP contribution in [0.4, 0.5) is 10.1 Å². The number of aromatic nitrogens is 2. The van der Waals surface area contributed by atoms with Gasteiger partial charge in [0.25, 0.3) is 11.8 Å². The van der Waals surface area contributed by atoms with Crippen LogP contribution in [-0.2, 0) is 0 Å². The number of halogens is 1. The molecular weight excluding hydrogens is 383 g/mol. The van der Waals surface area contributed by atoms with E-state index >= 15 is 0 Å². The number of nitrogens with one attached hydrogen (secondary N) is 1. The second-order valence-electron chi connectivity index (χ2n) is 7.21. The Hall–Kier alpha value is -3.61. The Morgan fingerprint density at radius 3 is 2.53 bits per heavy atom. The molecule has 2 heterocycles. The Morgan fingerprint density at radius 1 is 1.10 bits per heavy atom. The van der Waals surface area contributed by atoms with Crippen molar-refractivity contribution in [3.63, 3.8) is 0 Å². The first-order chi connectivity index (χ1) is 14.5. The van der Waals surface area contributed by atoms with Crippen LogP contribution in [-0.4, -0.2) is 33.2 Å². The minimum Gasteiger partial charge on any atom is -0.328 e. The Kier molecular flexibility index (Phi) is 5.52. The SMILES string of the molecule is Cc1nc([C@H]2CCCN2C(=O)c2ccccc2)ncc1C(=O)Nc1ccc(F)cc1. The minimum absolute atomic E-state index is 0.0440. The van der Waals surface area contributed by atoms with Gasteiger partial charge in [-0.3, -0.25) is 9.59 Å². The molecule has 0 spiro atoms. The number of benzene rings is 2. The maximum atomic E-state index is 13.0. The van der Waals surface area contributed by atoms with Gasteiger partial charge in [-0.05, 0) is 56.2 Å². The summed E-state index contributed by atoms with van der Waals surface area (Å²) in [5.41, 5.74) is 1.98. The fourth-order valence-electron chi connectivity index (χ4n) is 3.62. The molecule has 2 aromatic carbocycles. The van der Waals surface area contributed by atoms with Gasteiger partial charge >= 0.3 is 0 Å². The molecule has 0 saturated carbocycles. The van der Waals surface area contributed by atoms with E-state index in [0.717, 1.165) is 12.8 Å². The number of hydrogen-bond donors (Lipinski definition) is 1. The third-order valence-corrected chi connectivity index (χ3v) is 5.18. The van der Waals surface area contributed by atoms with Crippen molar-refractivity contribution in [2.75, 3.05) is 11.9 Å². The van der Waals surface area contributed by atoms with Crippen molar-refractivity contribution in [1.29, 1.82) is 0 Å². The highest BCUT2D eigenvalue weighted by molar-refractivity contribution is 6.04. The highest BCUT2D eigenvalue weighted by atomic mass is 19.1. The summed E-state index contributed by atoms with van der Waals surface area (Å²) in [5.74, 6) is -0.248. The van der Waals surface area contributed by atoms with Gasteiger partial charge < -0.3 is 10.2 Å². The van der Waals surface area contributed by atoms with E-state index in [1.165, 1.54) is 30.5 Å². The summed E-state index contributed by atoms with van der Waals surface area (Å²) in [6.07, 6.45) is 3.14. The fourth-order valence-corrected chi connectivity index (χ4v) is 3.62. The highest BCUT2D eigenvalue weighted by Crippen LogP contribution is 2.31. The summed E-state index contributed by atoms with van der Waals surface area (Å²) in [7, 11) is 0. The van der Waals surface area contributed by atoms with Crippen molar-refractivity contribution >= 4 is 17.5 Å². The Labute approximate surface area is 173 Å². The van der Waals surface area contributed by atoms with Gasteiger partial charge in [0.15, 0.2) is 5.82 Å². The van der Waals surface area contributed by atoms with E-state index in [9.17, 15) is 14.0 Å². The zero-order valence-electron chi connectivity index (χ0n) is 16.5. The molecule has 0 aliphatic carbocycles. The van der Waals surface area contributed by atoms with E-state index in [1.54, 1.807) is 24.0 Å². The van der Waals surface area contributed by atoms with Crippen molar-refractivity contribution in [2.24, 2.45) is 0 Å². The molecule has 7 heteroatoms. The van der Waals surface area contributed by atoms with Gasteiger partial charge in [0.1, 0.15) is 5.82 Å². The maximum Gasteiger partial charge on any atom is 0.259 e. The number of hydrogen-bond acceptors (Lipinski definition) is 4. The second kappa shape index (κ2) is 8.41. The van der Waals surface area contributed by atoms with E-state index in [1.807, 2.05) is 18.2 Å². The molecule has 0 unspecified atom stereocenters. The van der Waals surface area contributed by atoms with Gasteiger partial charge in [0.2, 0.25) is 0 Å². The smallest absolute Gasteiger partial charge is 0.259 e. The van der Waals surface area contributed by atoms with Gasteiger partial charge in [0.05, 0.1) is 17.3 Å². The first-order valence-corrected chi connectivity index (χ1v) is 9.79. The molecule has 152 valence electrons. The van der Waals surface area contributed by atoms with Gasteiger partial charge in [-0.15, -0.1) is 0 Å². The molecule has 1 atom stereocenters. The van der Waals surface area contributed by atoms with Crippen LogP contribution < -0.4 is 5.32 Å². The van der Waals surface area contributed by atoms with Gasteiger partial charge in [0, 0.05) is 24.0 Å². The van der Waals surface area contributed by atoms with Crippen LogP contribution in [0.3, 0.4) is 0 Å². The minimum atomic E-state index is -0.372. The van der Waals surface area contributed by atoms with E-state index in [-0.39, 0.29) is 23.7 Å². The number of carbonyl (C=O) groups is 2. The molecular formula is C23H21FN4O2. The number of carbonyl (C=O) groups excluding carboxylic acids is 2. The largest absolute Gasteiger partial charge is 0.328 e. The average molecular weight is 404 g/mol. The molecule has 1 aliphatic rings. The predicted octanol–water partition coefficient (Wildman–Crippen LogP) is 4.15. The normalized spacial score (nSPS) is 15.8. The lowest BCUT2D eigenvalue weighted by Crippen LogP contribution is -2.31. The summed E-state index contributed by atoms with van der Waals surface area (Å²) in [4.78, 5) is 36.2. The number of likely N-dealkylation sites (tertiary alicyclic amines) is 1. The first-order valence-electron chi connectivity index (χ1n) is 9.79. The van der Waals surface area contributed by atoms with Gasteiger partial charge in [-0.1, -0.05) is 18.2 Å². The van der Waals surface area contributed by atoms with Gasteiger partial charge in [-0.2, -0.15) is 0 Å². The molecule has 3 aromatic rings. The third-order valence-electron chi connectivity index (χ3n) is 5.18. The highest BCUT2D eigenvalue weighted by Gasteiger charge is 2.32. The Morgan fingerprint density at radius 2 is 1.83 bits per heavy atom. The fraction of sp³-hybridized carbons (Fsp3) is 0.217. The summed E-state index contributed by atoms with van der Waals surface area (Å²) < 4.78 is 13.0. The van der Waals surface area contributed by atoms with E-state index in [2.05, 4.69) is 15.3 Å². The standard InChI is InChI=1S/C23H21FN4O2/c1-15-19(22(29)27-18-11-9-17(24)10-12-18)14-25-21(26-15)20-8-5-13-28(20)23(30)16-6-3-2-4-7-16/h2-4,6-7,9-12,14,20H,5,8,13H2,1H3,(H,27,29)/t20-/m1/s1. The lowest BCUT2D eigenvalue weighted by atomic mass is 10.1. The van der Waals surface area contributed by atoms with Crippen molar-refractivity contribution in [2.45, 2.75) is 25.8 Å². The van der Waals surface area contributed by atoms with Crippen LogP contribution in [0.25, 0.3) is 0 Å². The molecule has 1 saturated heterocycles. The van der Waals surface area contributed by atoms with Crippen molar-refractivity contribution in [1.82, 2.24) is 14.9 Å². The first kappa shape index (κ1) is 19.7. The third kappa shape index (κ3) is 4.05. The summed E-state index contributed by atoms with van der Waals surface area (Å²) in [6.45, 7) is 2.39. The lowest BCUT2D eigenvalue weighted by molar-refractivity contribution is 0.0729. The van der Waals surface area contributed by atoms with Crippen LogP contribution >= 0.6 is 0 Å². The number of aryl methyl sites for hydroxylation is 1. The molecule has 4 rings (SSSR count). The van der Waals surface area contributed by atoms with Crippen LogP contribution in [0.1, 0.15) is 51.1 Å². The number of rotatable bonds is 4. The lowest BCUT2D eigenvalue weighted by Gasteiger charge is -2.24. The van der Waals surface area contributed by atoms with Crippen molar-refractivity contribution in [3.05, 3.63) is 89.3 Å². The summed E-state index contributed by atoms with van der Waals surface area (Å²) in [5, 5.41) is 2.71. The van der Waals surface area contributed by atoms with Crippen molar-refractivity contribution < 1.29 is 14.0 Å². The quantitative estimate of drug-likeness (QED) is 0.709. The summed E-state index contributed by atoms with van der Waals surface area (Å²) >= 11 is 0. The number of nitrogens with zero attached hydrogens (tertiary/aromatic N) is 3. The topological polar surface area (TPSA) is 75.2 Å². The molecule has 30 heavy (non-hydrogen) atoms. The van der Waals surface area contributed by atoms with E-state index < -0.39 is 0 Å². The molecule has 2 amide bonds. The average Bonchev–Trinajstić information content (AvgIpc) is 3.25. The Balaban J connectivity index is 1.52. The Bertz CT molecular complexity index is 1070. The van der Waals surface area contributed by atoms with Crippen LogP contribution in [0.2, 0.25) is 0 Å². The molecule has 1 aliphatic heterocycles. The van der Waals surface area contributed by atoms with E-state index in [4.69, 9.17) is 0 Å². The van der Waals surface area contributed by atoms with Crippen molar-refractivity contribution in [3.8, 4) is 0 Å². The van der Waals surface area contributed by atoms with Crippen LogP contribution in [0.5, 0.6) is 0 Å². The maximum absolute atomic E-state index is 13.0. The van der Waals surface area contributed by atoms with E-state index in [0.29, 0.717) is 34.9 Å². The predicted molar refractivity (Wildman–Crippen MR) is 111 cm³/mol. The second-order valence-corrected chi connectivity index (χ2v) is 7.21. The molecule has 1 fully saturated rings. The molecule has 6 nitrogen and oxygen atoms in total. The molecule has 0 bridgehead atoms.